The maximum Gasteiger partial charge on any atom is 0.335 e. The average molecular weight is 407 g/mol. The predicted octanol–water partition coefficient (Wildman–Crippen LogP) is 4.17. The summed E-state index contributed by atoms with van der Waals surface area (Å²) in [4.78, 5) is 15.3. The Morgan fingerprint density at radius 3 is 2.57 bits per heavy atom. The molecule has 0 aliphatic rings. The first-order valence-corrected chi connectivity index (χ1v) is 8.24. The molecule has 10 heteroatoms. The highest BCUT2D eigenvalue weighted by molar-refractivity contribution is 6.32. The number of carboxylic acid groups (broad SMARTS) is 1. The molecule has 1 aromatic carbocycles. The third kappa shape index (κ3) is 2.71. The number of pyridine rings is 1. The Labute approximate surface area is 160 Å². The van der Waals surface area contributed by atoms with Crippen molar-refractivity contribution in [3.8, 4) is 22.4 Å². The van der Waals surface area contributed by atoms with Gasteiger partial charge in [-0.3, -0.25) is 9.08 Å². The van der Waals surface area contributed by atoms with Crippen molar-refractivity contribution < 1.29 is 23.1 Å². The first kappa shape index (κ1) is 18.1. The molecule has 0 fully saturated rings. The molecule has 0 saturated heterocycles. The standard InChI is InChI=1S/C18H10ClF3N4O2/c1-25-7-10(17(22)24-25)9-2-3-11(20)14(21)13(9)15-16(19)26-5-4-8(18(27)28)6-12(26)23-15/h2-7H,1H3,(H,27,28). The van der Waals surface area contributed by atoms with Gasteiger partial charge >= 0.3 is 5.97 Å². The van der Waals surface area contributed by atoms with Gasteiger partial charge in [0.15, 0.2) is 11.6 Å². The van der Waals surface area contributed by atoms with Crippen LogP contribution in [0.4, 0.5) is 13.2 Å². The molecule has 1 N–H and O–H groups in total. The van der Waals surface area contributed by atoms with E-state index >= 15 is 0 Å². The van der Waals surface area contributed by atoms with E-state index in [-0.39, 0.29) is 38.7 Å². The van der Waals surface area contributed by atoms with Gasteiger partial charge in [-0.2, -0.15) is 4.39 Å². The molecule has 3 aromatic heterocycles. The number of carbonyl (C=O) groups is 1. The van der Waals surface area contributed by atoms with Gasteiger partial charge in [-0.15, -0.1) is 5.10 Å². The smallest absolute Gasteiger partial charge is 0.335 e. The molecule has 0 aliphatic carbocycles. The minimum Gasteiger partial charge on any atom is -0.478 e. The van der Waals surface area contributed by atoms with Gasteiger partial charge in [0, 0.05) is 25.0 Å². The zero-order valence-electron chi connectivity index (χ0n) is 14.1. The summed E-state index contributed by atoms with van der Waals surface area (Å²) in [5.41, 5.74) is -0.499. The molecule has 0 saturated carbocycles. The Morgan fingerprint density at radius 1 is 1.18 bits per heavy atom. The molecule has 28 heavy (non-hydrogen) atoms. The van der Waals surface area contributed by atoms with Crippen molar-refractivity contribution in [2.24, 2.45) is 7.05 Å². The van der Waals surface area contributed by atoms with Crippen LogP contribution in [-0.4, -0.2) is 30.2 Å². The molecule has 4 aromatic rings. The lowest BCUT2D eigenvalue weighted by atomic mass is 9.99. The number of imidazole rings is 1. The van der Waals surface area contributed by atoms with E-state index in [0.29, 0.717) is 0 Å². The van der Waals surface area contributed by atoms with E-state index in [0.717, 1.165) is 6.07 Å². The highest BCUT2D eigenvalue weighted by atomic mass is 35.5. The minimum absolute atomic E-state index is 0.00765. The maximum absolute atomic E-state index is 14.8. The Balaban J connectivity index is 2.04. The van der Waals surface area contributed by atoms with Crippen LogP contribution in [0.5, 0.6) is 0 Å². The van der Waals surface area contributed by atoms with E-state index in [9.17, 15) is 18.0 Å². The van der Waals surface area contributed by atoms with Crippen molar-refractivity contribution in [1.29, 1.82) is 0 Å². The van der Waals surface area contributed by atoms with Crippen molar-refractivity contribution in [3.63, 3.8) is 0 Å². The number of halogens is 4. The van der Waals surface area contributed by atoms with Crippen LogP contribution in [-0.2, 0) is 7.05 Å². The molecule has 0 unspecified atom stereocenters. The number of aryl methyl sites for hydroxylation is 1. The van der Waals surface area contributed by atoms with E-state index in [4.69, 9.17) is 16.7 Å². The highest BCUT2D eigenvalue weighted by Gasteiger charge is 2.25. The summed E-state index contributed by atoms with van der Waals surface area (Å²) in [7, 11) is 1.48. The normalized spacial score (nSPS) is 11.3. The summed E-state index contributed by atoms with van der Waals surface area (Å²) in [6.07, 6.45) is 2.66. The van der Waals surface area contributed by atoms with Gasteiger partial charge in [0.1, 0.15) is 16.5 Å². The average Bonchev–Trinajstić information content (AvgIpc) is 3.15. The van der Waals surface area contributed by atoms with Crippen LogP contribution in [0.3, 0.4) is 0 Å². The Morgan fingerprint density at radius 2 is 1.93 bits per heavy atom. The topological polar surface area (TPSA) is 72.4 Å². The molecule has 0 amide bonds. The fourth-order valence-corrected chi connectivity index (χ4v) is 3.24. The van der Waals surface area contributed by atoms with Gasteiger partial charge in [-0.1, -0.05) is 17.7 Å². The van der Waals surface area contributed by atoms with Crippen LogP contribution >= 0.6 is 11.6 Å². The van der Waals surface area contributed by atoms with E-state index in [1.54, 1.807) is 0 Å². The van der Waals surface area contributed by atoms with Gasteiger partial charge in [0.2, 0.25) is 5.95 Å². The van der Waals surface area contributed by atoms with Gasteiger partial charge in [-0.05, 0) is 18.2 Å². The summed E-state index contributed by atoms with van der Waals surface area (Å²) < 4.78 is 45.4. The maximum atomic E-state index is 14.8. The Bertz CT molecular complexity index is 1270. The van der Waals surface area contributed by atoms with E-state index in [1.807, 2.05) is 0 Å². The lowest BCUT2D eigenvalue weighted by Crippen LogP contribution is -1.97. The molecule has 0 aliphatic heterocycles. The van der Waals surface area contributed by atoms with Crippen LogP contribution in [0.2, 0.25) is 5.15 Å². The summed E-state index contributed by atoms with van der Waals surface area (Å²) in [5.74, 6) is -4.48. The Hall–Kier alpha value is -3.33. The molecule has 0 spiro atoms. The minimum atomic E-state index is -1.26. The number of benzene rings is 1. The summed E-state index contributed by atoms with van der Waals surface area (Å²) >= 11 is 6.30. The lowest BCUT2D eigenvalue weighted by molar-refractivity contribution is 0.0697. The fourth-order valence-electron chi connectivity index (χ4n) is 2.96. The van der Waals surface area contributed by atoms with Gasteiger partial charge in [-0.25, -0.2) is 18.6 Å². The second kappa shape index (κ2) is 6.38. The first-order valence-electron chi connectivity index (χ1n) is 7.86. The third-order valence-corrected chi connectivity index (χ3v) is 4.58. The number of rotatable bonds is 3. The van der Waals surface area contributed by atoms with Crippen LogP contribution in [0.25, 0.3) is 28.0 Å². The van der Waals surface area contributed by atoms with Crippen molar-refractivity contribution in [3.05, 3.63) is 65.0 Å². The molecular formula is C18H10ClF3N4O2. The zero-order chi connectivity index (χ0) is 20.2. The van der Waals surface area contributed by atoms with Gasteiger partial charge in [0.25, 0.3) is 0 Å². The molecule has 142 valence electrons. The molecule has 0 radical (unpaired) electrons. The zero-order valence-corrected chi connectivity index (χ0v) is 14.9. The second-order valence-electron chi connectivity index (χ2n) is 5.99. The lowest BCUT2D eigenvalue weighted by Gasteiger charge is -2.09. The SMILES string of the molecule is Cn1cc(-c2ccc(F)c(F)c2-c2nc3cc(C(=O)O)ccn3c2Cl)c(F)n1. The monoisotopic (exact) mass is 406 g/mol. The number of aromatic carboxylic acids is 1. The van der Waals surface area contributed by atoms with E-state index in [2.05, 4.69) is 10.1 Å². The quantitative estimate of drug-likeness (QED) is 0.554. The third-order valence-electron chi connectivity index (χ3n) is 4.22. The number of nitrogens with zero attached hydrogens (tertiary/aromatic N) is 4. The van der Waals surface area contributed by atoms with Crippen LogP contribution in [0.1, 0.15) is 10.4 Å². The molecule has 6 nitrogen and oxygen atoms in total. The van der Waals surface area contributed by atoms with Crippen molar-refractivity contribution in [1.82, 2.24) is 19.2 Å². The molecular weight excluding hydrogens is 397 g/mol. The van der Waals surface area contributed by atoms with E-state index in [1.165, 1.54) is 46.7 Å². The van der Waals surface area contributed by atoms with Gasteiger partial charge < -0.3 is 5.11 Å². The van der Waals surface area contributed by atoms with Crippen molar-refractivity contribution in [2.45, 2.75) is 0 Å². The number of hydrogen-bond acceptors (Lipinski definition) is 3. The van der Waals surface area contributed by atoms with Crippen LogP contribution in [0.15, 0.2) is 36.7 Å². The summed E-state index contributed by atoms with van der Waals surface area (Å²) in [5, 5.41) is 12.6. The molecule has 3 heterocycles. The number of aromatic nitrogens is 4. The van der Waals surface area contributed by atoms with Crippen LogP contribution < -0.4 is 0 Å². The van der Waals surface area contributed by atoms with Crippen LogP contribution in [0, 0.1) is 17.6 Å². The molecule has 4 rings (SSSR count). The second-order valence-corrected chi connectivity index (χ2v) is 6.35. The highest BCUT2D eigenvalue weighted by Crippen LogP contribution is 2.39. The fraction of sp³-hybridized carbons (Fsp3) is 0.0556. The Kier molecular flexibility index (Phi) is 4.11. The number of fused-ring (bicyclic) bond motifs is 1. The molecule has 0 bridgehead atoms. The van der Waals surface area contributed by atoms with Crippen molar-refractivity contribution >= 4 is 23.2 Å². The summed E-state index contributed by atoms with van der Waals surface area (Å²) in [6, 6.07) is 4.60. The number of carboxylic acids is 1. The first-order chi connectivity index (χ1) is 13.3. The summed E-state index contributed by atoms with van der Waals surface area (Å²) in [6.45, 7) is 0. The predicted molar refractivity (Wildman–Crippen MR) is 94.7 cm³/mol. The molecule has 0 atom stereocenters. The van der Waals surface area contributed by atoms with Gasteiger partial charge in [0.05, 0.1) is 16.7 Å². The van der Waals surface area contributed by atoms with E-state index < -0.39 is 23.6 Å². The largest absolute Gasteiger partial charge is 0.478 e. The number of hydrogen-bond donors (Lipinski definition) is 1. The van der Waals surface area contributed by atoms with Crippen molar-refractivity contribution in [2.75, 3.05) is 0 Å².